The van der Waals surface area contributed by atoms with Gasteiger partial charge in [-0.2, -0.15) is 10.3 Å². The summed E-state index contributed by atoms with van der Waals surface area (Å²) in [4.78, 5) is 0. The Kier molecular flexibility index (Phi) is 4.21. The highest BCUT2D eigenvalue weighted by Gasteiger charge is 2.39. The molecule has 4 nitrogen and oxygen atoms in total. The van der Waals surface area contributed by atoms with Gasteiger partial charge in [-0.25, -0.2) is 8.78 Å². The van der Waals surface area contributed by atoms with Gasteiger partial charge >= 0.3 is 0 Å². The van der Waals surface area contributed by atoms with E-state index in [9.17, 15) is 8.78 Å². The number of hydrogen-bond donors (Lipinski definition) is 2. The summed E-state index contributed by atoms with van der Waals surface area (Å²) in [7, 11) is 0. The van der Waals surface area contributed by atoms with Crippen LogP contribution < -0.4 is 5.32 Å². The van der Waals surface area contributed by atoms with Crippen molar-refractivity contribution in [1.29, 1.82) is 0 Å². The third-order valence-corrected chi connectivity index (χ3v) is 4.78. The highest BCUT2D eigenvalue weighted by molar-refractivity contribution is 7.99. The van der Waals surface area contributed by atoms with Gasteiger partial charge in [0, 0.05) is 12.0 Å². The van der Waals surface area contributed by atoms with Crippen molar-refractivity contribution < 1.29 is 8.78 Å². The Morgan fingerprint density at radius 3 is 2.95 bits per heavy atom. The first-order chi connectivity index (χ1) is 10.2. The third kappa shape index (κ3) is 3.41. The molecule has 1 saturated carbocycles. The molecule has 1 aliphatic carbocycles. The first-order valence-electron chi connectivity index (χ1n) is 6.90. The number of rotatable bonds is 6. The van der Waals surface area contributed by atoms with Gasteiger partial charge in [0.2, 0.25) is 0 Å². The van der Waals surface area contributed by atoms with Crippen molar-refractivity contribution in [3.8, 4) is 0 Å². The molecular formula is C14H16F2N4S. The monoisotopic (exact) mass is 310 g/mol. The summed E-state index contributed by atoms with van der Waals surface area (Å²) in [5.41, 5.74) is 0.854. The van der Waals surface area contributed by atoms with Gasteiger partial charge in [-0.3, -0.25) is 0 Å². The van der Waals surface area contributed by atoms with Crippen LogP contribution in [-0.2, 0) is 0 Å². The van der Waals surface area contributed by atoms with Crippen molar-refractivity contribution in [1.82, 2.24) is 20.7 Å². The van der Waals surface area contributed by atoms with Gasteiger partial charge in [-0.1, -0.05) is 24.8 Å². The highest BCUT2D eigenvalue weighted by Crippen LogP contribution is 2.42. The second-order valence-corrected chi connectivity index (χ2v) is 6.33. The normalized spacial score (nSPS) is 22.2. The second-order valence-electron chi connectivity index (χ2n) is 5.11. The third-order valence-electron chi connectivity index (χ3n) is 3.59. The lowest BCUT2D eigenvalue weighted by Gasteiger charge is -2.15. The van der Waals surface area contributed by atoms with E-state index in [1.807, 2.05) is 0 Å². The molecule has 0 amide bonds. The van der Waals surface area contributed by atoms with E-state index < -0.39 is 11.6 Å². The fourth-order valence-corrected chi connectivity index (χ4v) is 3.27. The molecule has 0 spiro atoms. The largest absolute Gasteiger partial charge is 0.302 e. The zero-order valence-corrected chi connectivity index (χ0v) is 12.3. The molecule has 1 heterocycles. The van der Waals surface area contributed by atoms with E-state index in [2.05, 4.69) is 27.7 Å². The van der Waals surface area contributed by atoms with Gasteiger partial charge in [0.25, 0.3) is 0 Å². The minimum absolute atomic E-state index is 0.232. The molecule has 3 rings (SSSR count). The van der Waals surface area contributed by atoms with Gasteiger partial charge in [-0.15, -0.1) is 5.10 Å². The van der Waals surface area contributed by atoms with Crippen LogP contribution in [0.2, 0.25) is 0 Å². The average molecular weight is 310 g/mol. The van der Waals surface area contributed by atoms with Crippen molar-refractivity contribution in [2.45, 2.75) is 42.1 Å². The first kappa shape index (κ1) is 14.5. The van der Waals surface area contributed by atoms with Gasteiger partial charge in [-0.05, 0) is 30.5 Å². The van der Waals surface area contributed by atoms with E-state index in [-0.39, 0.29) is 11.3 Å². The maximum Gasteiger partial charge on any atom is 0.159 e. The number of aromatic amines is 1. The maximum atomic E-state index is 13.3. The zero-order chi connectivity index (χ0) is 14.8. The SMILES string of the molecule is CCC(NC1CC1c1ccc(F)c(F)c1)Sc1cn[nH]n1. The number of hydrogen-bond acceptors (Lipinski definition) is 4. The molecule has 1 aromatic carbocycles. The van der Waals surface area contributed by atoms with E-state index in [1.165, 1.54) is 12.1 Å². The van der Waals surface area contributed by atoms with Crippen molar-refractivity contribution >= 4 is 11.8 Å². The van der Waals surface area contributed by atoms with Crippen molar-refractivity contribution in [2.75, 3.05) is 0 Å². The molecule has 1 aromatic heterocycles. The Bertz CT molecular complexity index is 605. The van der Waals surface area contributed by atoms with Crippen LogP contribution in [0.1, 0.15) is 31.2 Å². The maximum absolute atomic E-state index is 13.3. The number of halogens is 2. The molecule has 21 heavy (non-hydrogen) atoms. The van der Waals surface area contributed by atoms with Gasteiger partial charge in [0.1, 0.15) is 5.03 Å². The van der Waals surface area contributed by atoms with Gasteiger partial charge in [0.05, 0.1) is 11.6 Å². The van der Waals surface area contributed by atoms with Crippen LogP contribution in [0.5, 0.6) is 0 Å². The number of thioether (sulfide) groups is 1. The molecule has 0 aliphatic heterocycles. The molecule has 2 N–H and O–H groups in total. The van der Waals surface area contributed by atoms with Crippen molar-refractivity contribution in [2.24, 2.45) is 0 Å². The van der Waals surface area contributed by atoms with Gasteiger partial charge < -0.3 is 5.32 Å². The summed E-state index contributed by atoms with van der Waals surface area (Å²) >= 11 is 1.62. The lowest BCUT2D eigenvalue weighted by molar-refractivity contribution is 0.506. The number of nitrogens with zero attached hydrogens (tertiary/aromatic N) is 2. The van der Waals surface area contributed by atoms with E-state index >= 15 is 0 Å². The first-order valence-corrected chi connectivity index (χ1v) is 7.78. The highest BCUT2D eigenvalue weighted by atomic mass is 32.2. The second kappa shape index (κ2) is 6.11. The molecular weight excluding hydrogens is 294 g/mol. The zero-order valence-electron chi connectivity index (χ0n) is 11.5. The van der Waals surface area contributed by atoms with Crippen LogP contribution >= 0.6 is 11.8 Å². The standard InChI is InChI=1S/C14H16F2N4S/c1-2-13(21-14-7-17-20-19-14)18-12-6-9(12)8-3-4-10(15)11(16)5-8/h3-5,7,9,12-13,18H,2,6H2,1H3,(H,17,19,20). The minimum Gasteiger partial charge on any atom is -0.302 e. The van der Waals surface area contributed by atoms with Crippen LogP contribution in [0, 0.1) is 11.6 Å². The van der Waals surface area contributed by atoms with E-state index in [0.717, 1.165) is 23.4 Å². The van der Waals surface area contributed by atoms with E-state index in [1.54, 1.807) is 24.0 Å². The molecule has 1 aliphatic rings. The number of H-pyrrole nitrogens is 1. The molecule has 7 heteroatoms. The van der Waals surface area contributed by atoms with E-state index in [4.69, 9.17) is 0 Å². The summed E-state index contributed by atoms with van der Waals surface area (Å²) in [5.74, 6) is -1.31. The quantitative estimate of drug-likeness (QED) is 0.636. The van der Waals surface area contributed by atoms with Crippen LogP contribution in [0.25, 0.3) is 0 Å². The molecule has 0 bridgehead atoms. The predicted octanol–water partition coefficient (Wildman–Crippen LogP) is 3.06. The topological polar surface area (TPSA) is 53.6 Å². The Morgan fingerprint density at radius 2 is 2.29 bits per heavy atom. The Hall–Kier alpha value is -1.47. The number of aromatic nitrogens is 3. The van der Waals surface area contributed by atoms with Crippen LogP contribution in [-0.4, -0.2) is 26.8 Å². The molecule has 0 saturated heterocycles. The molecule has 112 valence electrons. The average Bonchev–Trinajstić information content (AvgIpc) is 3.04. The Labute approximate surface area is 125 Å². The lowest BCUT2D eigenvalue weighted by atomic mass is 10.1. The predicted molar refractivity (Wildman–Crippen MR) is 77.0 cm³/mol. The van der Waals surface area contributed by atoms with Crippen LogP contribution in [0.4, 0.5) is 8.78 Å². The lowest BCUT2D eigenvalue weighted by Crippen LogP contribution is -2.28. The molecule has 0 radical (unpaired) electrons. The number of nitrogens with one attached hydrogen (secondary N) is 2. The summed E-state index contributed by atoms with van der Waals surface area (Å²) in [5, 5.41) is 15.0. The van der Waals surface area contributed by atoms with E-state index in [0.29, 0.717) is 6.04 Å². The van der Waals surface area contributed by atoms with Crippen LogP contribution in [0.15, 0.2) is 29.4 Å². The molecule has 3 atom stereocenters. The number of benzene rings is 1. The molecule has 2 aromatic rings. The summed E-state index contributed by atoms with van der Waals surface area (Å²) in [6.45, 7) is 2.10. The van der Waals surface area contributed by atoms with Crippen LogP contribution in [0.3, 0.4) is 0 Å². The summed E-state index contributed by atoms with van der Waals surface area (Å²) in [6, 6.07) is 4.46. The summed E-state index contributed by atoms with van der Waals surface area (Å²) < 4.78 is 26.2. The van der Waals surface area contributed by atoms with Crippen molar-refractivity contribution in [3.05, 3.63) is 41.6 Å². The fourth-order valence-electron chi connectivity index (χ4n) is 2.36. The van der Waals surface area contributed by atoms with Crippen molar-refractivity contribution in [3.63, 3.8) is 0 Å². The molecule has 3 unspecified atom stereocenters. The summed E-state index contributed by atoms with van der Waals surface area (Å²) in [6.07, 6.45) is 3.58. The molecule has 1 fully saturated rings. The minimum atomic E-state index is -0.795. The fraction of sp³-hybridized carbons (Fsp3) is 0.429. The smallest absolute Gasteiger partial charge is 0.159 e. The Morgan fingerprint density at radius 1 is 1.43 bits per heavy atom. The Balaban J connectivity index is 1.58. The van der Waals surface area contributed by atoms with Gasteiger partial charge in [0.15, 0.2) is 11.6 Å².